The molecule has 1 fully saturated rings. The molecule has 3 atom stereocenters. The molecule has 0 radical (unpaired) electrons. The van der Waals surface area contributed by atoms with Gasteiger partial charge in [0, 0.05) is 6.42 Å². The van der Waals surface area contributed by atoms with Crippen LogP contribution in [0.1, 0.15) is 12.6 Å². The van der Waals surface area contributed by atoms with Crippen LogP contribution in [-0.4, -0.2) is 38.1 Å². The largest absolute Gasteiger partial charge is 0.392 e. The molecule has 0 spiro atoms. The molecule has 4 N–H and O–H groups in total. The number of aliphatic hydroxyl groups excluding tert-OH is 2. The highest BCUT2D eigenvalue weighted by atomic mass is 19.1. The summed E-state index contributed by atoms with van der Waals surface area (Å²) >= 11 is 0. The first-order valence-electron chi connectivity index (χ1n) is 5.42. The quantitative estimate of drug-likeness (QED) is 0.570. The summed E-state index contributed by atoms with van der Waals surface area (Å²) in [7, 11) is 0. The number of hydrogen-bond donors (Lipinski definition) is 3. The molecule has 19 heavy (non-hydrogen) atoms. The van der Waals surface area contributed by atoms with Crippen molar-refractivity contribution in [2.75, 3.05) is 12.3 Å². The second-order valence-electron chi connectivity index (χ2n) is 4.18. The monoisotopic (exact) mass is 269 g/mol. The highest BCUT2D eigenvalue weighted by Crippen LogP contribution is 2.35. The number of nitrogen functional groups attached to an aromatic ring is 1. The highest BCUT2D eigenvalue weighted by molar-refractivity contribution is 5.26. The van der Waals surface area contributed by atoms with Crippen molar-refractivity contribution in [2.24, 2.45) is 0 Å². The molecular weight excluding hydrogens is 257 g/mol. The maximum atomic E-state index is 13.3. The van der Waals surface area contributed by atoms with Gasteiger partial charge in [0.25, 0.3) is 0 Å². The Morgan fingerprint density at radius 1 is 1.79 bits per heavy atom. The molecule has 1 aliphatic rings. The topological polar surface area (TPSA) is 111 Å². The van der Waals surface area contributed by atoms with Gasteiger partial charge in [0.15, 0.2) is 17.2 Å². The zero-order valence-electron chi connectivity index (χ0n) is 9.78. The zero-order chi connectivity index (χ0) is 14.2. The van der Waals surface area contributed by atoms with Crippen LogP contribution in [0.4, 0.5) is 10.2 Å². The molecule has 0 aromatic carbocycles. The van der Waals surface area contributed by atoms with Crippen LogP contribution in [-0.2, 0) is 4.74 Å². The number of hydrogen-bond acceptors (Lipinski definition) is 6. The number of aromatic nitrogens is 2. The standard InChI is InChI=1S/C11H12FN3O4/c1-2-11(5-16)7(17)3-8(19-11)15-4-6(12)9(13)14-10(15)18/h1,4,7-8,16-17H,3,5H2,(H2,13,14,18)/t7-,8-,11-/m1/s1. The van der Waals surface area contributed by atoms with Crippen LogP contribution >= 0.6 is 0 Å². The maximum Gasteiger partial charge on any atom is 0.351 e. The fourth-order valence-corrected chi connectivity index (χ4v) is 1.90. The lowest BCUT2D eigenvalue weighted by atomic mass is 9.99. The summed E-state index contributed by atoms with van der Waals surface area (Å²) in [5.41, 5.74) is 2.72. The number of nitrogens with zero attached hydrogens (tertiary/aromatic N) is 2. The average Bonchev–Trinajstić information content (AvgIpc) is 2.71. The molecule has 8 heteroatoms. The summed E-state index contributed by atoms with van der Waals surface area (Å²) < 4.78 is 19.4. The molecule has 0 amide bonds. The van der Waals surface area contributed by atoms with E-state index < -0.39 is 41.9 Å². The zero-order valence-corrected chi connectivity index (χ0v) is 9.78. The van der Waals surface area contributed by atoms with Crippen LogP contribution in [0.25, 0.3) is 0 Å². The summed E-state index contributed by atoms with van der Waals surface area (Å²) in [4.78, 5) is 14.9. The Kier molecular flexibility index (Phi) is 3.28. The highest BCUT2D eigenvalue weighted by Gasteiger charge is 2.47. The van der Waals surface area contributed by atoms with Crippen molar-refractivity contribution in [3.63, 3.8) is 0 Å². The van der Waals surface area contributed by atoms with Crippen molar-refractivity contribution >= 4 is 5.82 Å². The predicted octanol–water partition coefficient (Wildman–Crippen LogP) is -1.39. The van der Waals surface area contributed by atoms with Crippen molar-refractivity contribution < 1.29 is 19.3 Å². The van der Waals surface area contributed by atoms with Gasteiger partial charge in [-0.2, -0.15) is 4.98 Å². The van der Waals surface area contributed by atoms with E-state index in [0.717, 1.165) is 10.8 Å². The Hall–Kier alpha value is -1.95. The molecule has 2 rings (SSSR count). The van der Waals surface area contributed by atoms with Gasteiger partial charge in [-0.05, 0) is 0 Å². The van der Waals surface area contributed by atoms with Crippen LogP contribution in [0.5, 0.6) is 0 Å². The van der Waals surface area contributed by atoms with Crippen LogP contribution < -0.4 is 11.4 Å². The minimum atomic E-state index is -1.61. The summed E-state index contributed by atoms with van der Waals surface area (Å²) in [6.07, 6.45) is 3.76. The average molecular weight is 269 g/mol. The number of anilines is 1. The van der Waals surface area contributed by atoms with E-state index in [1.807, 2.05) is 0 Å². The molecule has 0 unspecified atom stereocenters. The summed E-state index contributed by atoms with van der Waals surface area (Å²) in [5.74, 6) is 0.734. The van der Waals surface area contributed by atoms with E-state index in [1.54, 1.807) is 0 Å². The molecule has 1 aromatic heterocycles. The van der Waals surface area contributed by atoms with Gasteiger partial charge in [-0.15, -0.1) is 6.42 Å². The van der Waals surface area contributed by atoms with Crippen molar-refractivity contribution in [3.05, 3.63) is 22.5 Å². The Morgan fingerprint density at radius 3 is 3.00 bits per heavy atom. The number of terminal acetylenes is 1. The van der Waals surface area contributed by atoms with E-state index in [0.29, 0.717) is 0 Å². The Balaban J connectivity index is 2.39. The van der Waals surface area contributed by atoms with E-state index in [1.165, 1.54) is 0 Å². The number of ether oxygens (including phenoxy) is 1. The third kappa shape index (κ3) is 2.08. The lowest BCUT2D eigenvalue weighted by Gasteiger charge is -2.23. The molecule has 1 aliphatic heterocycles. The molecule has 2 heterocycles. The summed E-state index contributed by atoms with van der Waals surface area (Å²) in [6.45, 7) is -0.624. The van der Waals surface area contributed by atoms with Crippen molar-refractivity contribution in [3.8, 4) is 12.3 Å². The van der Waals surface area contributed by atoms with E-state index in [9.17, 15) is 19.4 Å². The van der Waals surface area contributed by atoms with Gasteiger partial charge in [-0.3, -0.25) is 4.57 Å². The van der Waals surface area contributed by atoms with Crippen LogP contribution in [0, 0.1) is 18.2 Å². The Labute approximate surface area is 107 Å². The fourth-order valence-electron chi connectivity index (χ4n) is 1.90. The molecule has 0 saturated carbocycles. The number of nitrogens with two attached hydrogens (primary N) is 1. The van der Waals surface area contributed by atoms with Gasteiger partial charge >= 0.3 is 5.69 Å². The third-order valence-corrected chi connectivity index (χ3v) is 3.03. The predicted molar refractivity (Wildman–Crippen MR) is 62.3 cm³/mol. The Morgan fingerprint density at radius 2 is 2.47 bits per heavy atom. The first-order valence-corrected chi connectivity index (χ1v) is 5.42. The van der Waals surface area contributed by atoms with Crippen molar-refractivity contribution in [2.45, 2.75) is 24.4 Å². The lowest BCUT2D eigenvalue weighted by molar-refractivity contribution is -0.0914. The minimum Gasteiger partial charge on any atom is -0.392 e. The van der Waals surface area contributed by atoms with Gasteiger partial charge in [-0.1, -0.05) is 5.92 Å². The van der Waals surface area contributed by atoms with Crippen molar-refractivity contribution in [1.29, 1.82) is 0 Å². The molecule has 7 nitrogen and oxygen atoms in total. The second kappa shape index (κ2) is 4.62. The van der Waals surface area contributed by atoms with Crippen LogP contribution in [0.2, 0.25) is 0 Å². The molecule has 102 valence electrons. The lowest BCUT2D eigenvalue weighted by Crippen LogP contribution is -2.41. The molecule has 0 bridgehead atoms. The Bertz CT molecular complexity index is 597. The van der Waals surface area contributed by atoms with Crippen LogP contribution in [0.15, 0.2) is 11.0 Å². The van der Waals surface area contributed by atoms with Crippen LogP contribution in [0.3, 0.4) is 0 Å². The van der Waals surface area contributed by atoms with Gasteiger partial charge < -0.3 is 20.7 Å². The fraction of sp³-hybridized carbons (Fsp3) is 0.455. The van der Waals surface area contributed by atoms with E-state index in [2.05, 4.69) is 10.9 Å². The first kappa shape index (κ1) is 13.5. The second-order valence-corrected chi connectivity index (χ2v) is 4.18. The first-order chi connectivity index (χ1) is 8.93. The minimum absolute atomic E-state index is 0.0737. The third-order valence-electron chi connectivity index (χ3n) is 3.03. The summed E-state index contributed by atoms with van der Waals surface area (Å²) in [5, 5.41) is 19.0. The smallest absolute Gasteiger partial charge is 0.351 e. The molecule has 1 aromatic rings. The van der Waals surface area contributed by atoms with E-state index >= 15 is 0 Å². The van der Waals surface area contributed by atoms with E-state index in [-0.39, 0.29) is 6.42 Å². The van der Waals surface area contributed by atoms with Gasteiger partial charge in [-0.25, -0.2) is 9.18 Å². The number of aliphatic hydroxyl groups is 2. The van der Waals surface area contributed by atoms with E-state index in [4.69, 9.17) is 16.9 Å². The SMILES string of the molecule is C#C[C@]1(CO)O[C@@H](n2cc(F)c(N)nc2=O)C[C@H]1O. The molecule has 0 aliphatic carbocycles. The number of rotatable bonds is 2. The van der Waals surface area contributed by atoms with Gasteiger partial charge in [0.2, 0.25) is 0 Å². The van der Waals surface area contributed by atoms with Gasteiger partial charge in [0.05, 0.1) is 12.8 Å². The van der Waals surface area contributed by atoms with Gasteiger partial charge in [0.1, 0.15) is 12.3 Å². The summed E-state index contributed by atoms with van der Waals surface area (Å²) in [6, 6.07) is 0. The number of halogens is 1. The maximum absolute atomic E-state index is 13.3. The normalized spacial score (nSPS) is 30.2. The van der Waals surface area contributed by atoms with Crippen molar-refractivity contribution in [1.82, 2.24) is 9.55 Å². The molecule has 1 saturated heterocycles. The molecular formula is C11H12FN3O4.